The Kier molecular flexibility index (Phi) is 4.27. The minimum Gasteiger partial charge on any atom is -0.497 e. The summed E-state index contributed by atoms with van der Waals surface area (Å²) in [4.78, 5) is 2.44. The molecule has 29 heavy (non-hydrogen) atoms. The van der Waals surface area contributed by atoms with Gasteiger partial charge in [-0.05, 0) is 56.1 Å². The maximum atomic E-state index is 11.7. The molecule has 156 valence electrons. The van der Waals surface area contributed by atoms with Gasteiger partial charge in [0.05, 0.1) is 19.6 Å². The monoisotopic (exact) mass is 397 g/mol. The Morgan fingerprint density at radius 2 is 2.10 bits per heavy atom. The highest BCUT2D eigenvalue weighted by molar-refractivity contribution is 5.70. The fraction of sp³-hybridized carbons (Fsp3) is 0.583. The Morgan fingerprint density at radius 3 is 2.83 bits per heavy atom. The van der Waals surface area contributed by atoms with Gasteiger partial charge in [-0.3, -0.25) is 4.90 Å². The summed E-state index contributed by atoms with van der Waals surface area (Å²) in [6, 6.07) is 4.51. The van der Waals surface area contributed by atoms with Crippen molar-refractivity contribution in [2.24, 2.45) is 0 Å². The van der Waals surface area contributed by atoms with E-state index in [0.717, 1.165) is 49.5 Å². The molecule has 2 heterocycles. The van der Waals surface area contributed by atoms with Crippen LogP contribution in [-0.2, 0) is 16.6 Å². The predicted octanol–water partition coefficient (Wildman–Crippen LogP) is 3.35. The summed E-state index contributed by atoms with van der Waals surface area (Å²) in [6.07, 6.45) is 8.09. The van der Waals surface area contributed by atoms with Gasteiger partial charge in [-0.2, -0.15) is 0 Å². The minimum absolute atomic E-state index is 0.312. The molecule has 1 fully saturated rings. The molecule has 4 aliphatic rings. The van der Waals surface area contributed by atoms with E-state index in [9.17, 15) is 5.11 Å². The van der Waals surface area contributed by atoms with Crippen molar-refractivity contribution in [2.75, 3.05) is 27.8 Å². The van der Waals surface area contributed by atoms with E-state index in [0.29, 0.717) is 12.5 Å². The van der Waals surface area contributed by atoms with Gasteiger partial charge in [0, 0.05) is 11.6 Å². The van der Waals surface area contributed by atoms with Gasteiger partial charge < -0.3 is 19.3 Å². The molecule has 0 unspecified atom stereocenters. The summed E-state index contributed by atoms with van der Waals surface area (Å²) in [5, 5.41) is 11.7. The molecule has 0 aromatic heterocycles. The smallest absolute Gasteiger partial charge is 0.204 e. The predicted molar refractivity (Wildman–Crippen MR) is 111 cm³/mol. The number of nitrogens with zero attached hydrogens (tertiary/aromatic N) is 1. The van der Waals surface area contributed by atoms with Crippen LogP contribution in [0.25, 0.3) is 0 Å². The Balaban J connectivity index is 1.82. The number of likely N-dealkylation sites (N-methyl/N-ethyl adjacent to an activating group) is 1. The van der Waals surface area contributed by atoms with E-state index < -0.39 is 17.1 Å². The third kappa shape index (κ3) is 2.13. The van der Waals surface area contributed by atoms with Gasteiger partial charge in [0.1, 0.15) is 11.9 Å². The minimum atomic E-state index is -0.938. The van der Waals surface area contributed by atoms with E-state index >= 15 is 0 Å². The van der Waals surface area contributed by atoms with Crippen molar-refractivity contribution < 1.29 is 19.3 Å². The highest BCUT2D eigenvalue weighted by Gasteiger charge is 2.72. The first kappa shape index (κ1) is 19.0. The van der Waals surface area contributed by atoms with Crippen molar-refractivity contribution in [1.29, 1.82) is 0 Å². The van der Waals surface area contributed by atoms with Crippen LogP contribution in [0.3, 0.4) is 0 Å². The number of aliphatic hydroxyl groups is 1. The van der Waals surface area contributed by atoms with Crippen LogP contribution >= 0.6 is 0 Å². The molecule has 1 aromatic carbocycles. The molecule has 1 spiro atoms. The van der Waals surface area contributed by atoms with Crippen molar-refractivity contribution in [3.63, 3.8) is 0 Å². The van der Waals surface area contributed by atoms with E-state index in [4.69, 9.17) is 14.2 Å². The molecule has 0 saturated carbocycles. The van der Waals surface area contributed by atoms with E-state index in [2.05, 4.69) is 31.0 Å². The summed E-state index contributed by atoms with van der Waals surface area (Å²) in [7, 11) is 5.58. The first-order valence-electron chi connectivity index (χ1n) is 10.8. The number of aliphatic hydroxyl groups excluding tert-OH is 1. The molecule has 2 aliphatic heterocycles. The number of likely N-dealkylation sites (tertiary alicyclic amines) is 1. The summed E-state index contributed by atoms with van der Waals surface area (Å²) in [6.45, 7) is 3.11. The lowest BCUT2D eigenvalue weighted by Gasteiger charge is -2.58. The van der Waals surface area contributed by atoms with E-state index in [1.54, 1.807) is 14.2 Å². The molecule has 2 aliphatic carbocycles. The lowest BCUT2D eigenvalue weighted by atomic mass is 9.51. The quantitative estimate of drug-likeness (QED) is 0.798. The fourth-order valence-corrected chi connectivity index (χ4v) is 6.39. The fourth-order valence-electron chi connectivity index (χ4n) is 6.39. The van der Waals surface area contributed by atoms with Crippen molar-refractivity contribution >= 4 is 0 Å². The molecular formula is C24H31NO4. The summed E-state index contributed by atoms with van der Waals surface area (Å²) in [5.41, 5.74) is 2.52. The number of piperidine rings is 1. The lowest BCUT2D eigenvalue weighted by molar-refractivity contribution is -0.0990. The van der Waals surface area contributed by atoms with Crippen LogP contribution in [-0.4, -0.2) is 55.6 Å². The number of ether oxygens (including phenoxy) is 3. The Bertz CT molecular complexity index is 906. The standard InChI is InChI=1S/C24H31NO4/c1-5-6-7-19(26)24-20(28-4)11-9-16-17-14-15-8-10-18(27-3)22(29-24)21(15)23(16,24)12-13-25(17)2/h8-11,17,19,26H,5-7,12-14H2,1-4H3/t17-,19-,23-,24+/m0/s1. The van der Waals surface area contributed by atoms with Crippen molar-refractivity contribution in [3.05, 3.63) is 46.7 Å². The molecule has 0 radical (unpaired) electrons. The highest BCUT2D eigenvalue weighted by atomic mass is 16.6. The maximum absolute atomic E-state index is 11.7. The summed E-state index contributed by atoms with van der Waals surface area (Å²) < 4.78 is 18.5. The highest BCUT2D eigenvalue weighted by Crippen LogP contribution is 2.67. The zero-order chi connectivity index (χ0) is 20.4. The van der Waals surface area contributed by atoms with Gasteiger partial charge in [-0.15, -0.1) is 0 Å². The number of hydrogen-bond donors (Lipinski definition) is 1. The Hall–Kier alpha value is -1.98. The second kappa shape index (κ2) is 6.51. The molecule has 1 saturated heterocycles. The summed E-state index contributed by atoms with van der Waals surface area (Å²) >= 11 is 0. The second-order valence-electron chi connectivity index (χ2n) is 8.84. The van der Waals surface area contributed by atoms with Gasteiger partial charge in [-0.25, -0.2) is 0 Å². The molecule has 0 amide bonds. The van der Waals surface area contributed by atoms with Crippen LogP contribution in [0.1, 0.15) is 43.7 Å². The number of unbranched alkanes of at least 4 members (excludes halogenated alkanes) is 1. The first-order valence-corrected chi connectivity index (χ1v) is 10.8. The number of hydrogen-bond acceptors (Lipinski definition) is 5. The Morgan fingerprint density at radius 1 is 1.28 bits per heavy atom. The average molecular weight is 398 g/mol. The van der Waals surface area contributed by atoms with Gasteiger partial charge in [-0.1, -0.05) is 31.9 Å². The zero-order valence-corrected chi connectivity index (χ0v) is 17.8. The van der Waals surface area contributed by atoms with Crippen LogP contribution < -0.4 is 9.47 Å². The summed E-state index contributed by atoms with van der Waals surface area (Å²) in [5.74, 6) is 2.25. The van der Waals surface area contributed by atoms with Gasteiger partial charge >= 0.3 is 0 Å². The van der Waals surface area contributed by atoms with Crippen molar-refractivity contribution in [1.82, 2.24) is 4.90 Å². The zero-order valence-electron chi connectivity index (χ0n) is 17.8. The number of benzene rings is 1. The average Bonchev–Trinajstić information content (AvgIpc) is 3.06. The van der Waals surface area contributed by atoms with Gasteiger partial charge in [0.25, 0.3) is 0 Å². The molecule has 1 N–H and O–H groups in total. The normalized spacial score (nSPS) is 32.7. The van der Waals surface area contributed by atoms with Crippen LogP contribution in [0.2, 0.25) is 0 Å². The molecule has 5 nitrogen and oxygen atoms in total. The molecule has 5 heteroatoms. The van der Waals surface area contributed by atoms with Crippen LogP contribution in [0.4, 0.5) is 0 Å². The molecular weight excluding hydrogens is 366 g/mol. The van der Waals surface area contributed by atoms with E-state index in [1.165, 1.54) is 16.7 Å². The van der Waals surface area contributed by atoms with Gasteiger partial charge in [0.15, 0.2) is 11.5 Å². The largest absolute Gasteiger partial charge is 0.497 e. The molecule has 5 rings (SSSR count). The van der Waals surface area contributed by atoms with Gasteiger partial charge in [0.2, 0.25) is 5.60 Å². The van der Waals surface area contributed by atoms with E-state index in [-0.39, 0.29) is 0 Å². The maximum Gasteiger partial charge on any atom is 0.204 e. The van der Waals surface area contributed by atoms with E-state index in [1.807, 2.05) is 12.1 Å². The lowest BCUT2D eigenvalue weighted by Crippen LogP contribution is -2.68. The molecule has 2 bridgehead atoms. The van der Waals surface area contributed by atoms with Crippen molar-refractivity contribution in [3.8, 4) is 11.5 Å². The number of allylic oxidation sites excluding steroid dienone is 2. The third-order valence-electron chi connectivity index (χ3n) is 7.69. The molecule has 1 aromatic rings. The van der Waals surface area contributed by atoms with Crippen LogP contribution in [0.15, 0.2) is 35.6 Å². The topological polar surface area (TPSA) is 51.2 Å². The van der Waals surface area contributed by atoms with Crippen LogP contribution in [0, 0.1) is 0 Å². The SMILES string of the molecule is CCCC[C@H](O)[C@]12Oc3c(OC)ccc4c3[C@@]13CCN(C)[C@@H](C4)C3=CC=C2OC. The first-order chi connectivity index (χ1) is 14.0. The number of rotatable bonds is 6. The number of methoxy groups -OCH3 is 2. The third-order valence-corrected chi connectivity index (χ3v) is 7.69. The molecule has 4 atom stereocenters. The Labute approximate surface area is 172 Å². The van der Waals surface area contributed by atoms with Crippen LogP contribution in [0.5, 0.6) is 11.5 Å². The van der Waals surface area contributed by atoms with Crippen molar-refractivity contribution in [2.45, 2.75) is 62.2 Å². The second-order valence-corrected chi connectivity index (χ2v) is 8.84.